The van der Waals surface area contributed by atoms with Crippen LogP contribution in [0.5, 0.6) is 5.88 Å². The monoisotopic (exact) mass is 449 g/mol. The van der Waals surface area contributed by atoms with Gasteiger partial charge in [-0.3, -0.25) is 0 Å². The summed E-state index contributed by atoms with van der Waals surface area (Å²) in [5.74, 6) is 0.235. The number of hydrogen-bond donors (Lipinski definition) is 0. The lowest BCUT2D eigenvalue weighted by Gasteiger charge is -2.13. The second-order valence-electron chi connectivity index (χ2n) is 9.02. The van der Waals surface area contributed by atoms with Crippen molar-refractivity contribution in [1.82, 2.24) is 4.98 Å². The fraction of sp³-hybridized carbons (Fsp3) is 0.533. The average Bonchev–Trinajstić information content (AvgIpc) is 2.84. The highest BCUT2D eigenvalue weighted by molar-refractivity contribution is 5.83. The molecule has 0 saturated carbocycles. The summed E-state index contributed by atoms with van der Waals surface area (Å²) >= 11 is 0. The van der Waals surface area contributed by atoms with Crippen LogP contribution in [0.2, 0.25) is 0 Å². The molecule has 1 heterocycles. The summed E-state index contributed by atoms with van der Waals surface area (Å²) in [5.41, 5.74) is 2.45. The number of aromatic nitrogens is 1. The Labute approximate surface area is 201 Å². The van der Waals surface area contributed by atoms with Gasteiger partial charge in [-0.05, 0) is 30.4 Å². The normalized spacial score (nSPS) is 12.2. The number of nitrogens with zero attached hydrogens (tertiary/aromatic N) is 1. The SMILES string of the molecule is CCCCCCCCc1ccc(OC(=O)C=CC(CCCCCCC)c2ccccc2)nc1. The number of hydrogen-bond acceptors (Lipinski definition) is 3. The molecule has 0 bridgehead atoms. The number of esters is 1. The van der Waals surface area contributed by atoms with Crippen LogP contribution < -0.4 is 4.74 Å². The van der Waals surface area contributed by atoms with Crippen LogP contribution in [0.3, 0.4) is 0 Å². The van der Waals surface area contributed by atoms with Gasteiger partial charge in [-0.15, -0.1) is 0 Å². The Morgan fingerprint density at radius 1 is 0.848 bits per heavy atom. The molecule has 0 saturated heterocycles. The molecule has 0 aliphatic carbocycles. The number of rotatable bonds is 17. The molecule has 3 heteroatoms. The van der Waals surface area contributed by atoms with Crippen LogP contribution in [0, 0.1) is 0 Å². The van der Waals surface area contributed by atoms with Crippen molar-refractivity contribution in [2.45, 2.75) is 103 Å². The Bertz CT molecular complexity index is 783. The molecule has 1 aromatic carbocycles. The quantitative estimate of drug-likeness (QED) is 0.138. The fourth-order valence-corrected chi connectivity index (χ4v) is 4.10. The molecule has 0 fully saturated rings. The van der Waals surface area contributed by atoms with E-state index in [0.29, 0.717) is 5.88 Å². The van der Waals surface area contributed by atoms with E-state index in [1.54, 1.807) is 12.1 Å². The molecule has 1 aromatic heterocycles. The van der Waals surface area contributed by atoms with E-state index < -0.39 is 0 Å². The molecule has 0 spiro atoms. The molecule has 0 N–H and O–H groups in total. The molecule has 2 aromatic rings. The zero-order valence-electron chi connectivity index (χ0n) is 20.8. The van der Waals surface area contributed by atoms with Crippen molar-refractivity contribution < 1.29 is 9.53 Å². The lowest BCUT2D eigenvalue weighted by Crippen LogP contribution is -2.06. The Morgan fingerprint density at radius 3 is 2.18 bits per heavy atom. The Balaban J connectivity index is 1.81. The number of carbonyl (C=O) groups is 1. The standard InChI is InChI=1S/C30H43NO2/c1-3-5-7-9-11-13-17-26-21-23-29(31-25-26)33-30(32)24-22-28(20-14-10-8-6-4-2)27-18-15-12-16-19-27/h12,15-16,18-19,21-25,28H,3-11,13-14,17,20H2,1-2H3. The Morgan fingerprint density at radius 2 is 1.52 bits per heavy atom. The first-order chi connectivity index (χ1) is 16.2. The number of allylic oxidation sites excluding steroid dienone is 1. The Kier molecular flexibility index (Phi) is 13.9. The summed E-state index contributed by atoms with van der Waals surface area (Å²) in [5, 5.41) is 0. The molecule has 0 amide bonds. The van der Waals surface area contributed by atoms with Crippen LogP contribution >= 0.6 is 0 Å². The first-order valence-corrected chi connectivity index (χ1v) is 13.1. The van der Waals surface area contributed by atoms with E-state index in [-0.39, 0.29) is 11.9 Å². The first kappa shape index (κ1) is 26.8. The van der Waals surface area contributed by atoms with Gasteiger partial charge in [-0.2, -0.15) is 0 Å². The molecular weight excluding hydrogens is 406 g/mol. The van der Waals surface area contributed by atoms with Crippen LogP contribution in [0.1, 0.15) is 108 Å². The molecule has 0 radical (unpaired) electrons. The van der Waals surface area contributed by atoms with Gasteiger partial charge >= 0.3 is 5.97 Å². The van der Waals surface area contributed by atoms with E-state index in [0.717, 1.165) is 12.8 Å². The topological polar surface area (TPSA) is 39.2 Å². The maximum atomic E-state index is 12.4. The first-order valence-electron chi connectivity index (χ1n) is 13.1. The van der Waals surface area contributed by atoms with Crippen LogP contribution in [0.4, 0.5) is 0 Å². The lowest BCUT2D eigenvalue weighted by molar-refractivity contribution is -0.129. The minimum absolute atomic E-state index is 0.230. The molecule has 1 unspecified atom stereocenters. The third-order valence-electron chi connectivity index (χ3n) is 6.13. The second kappa shape index (κ2) is 17.1. The summed E-state index contributed by atoms with van der Waals surface area (Å²) < 4.78 is 5.45. The smallest absolute Gasteiger partial charge is 0.337 e. The number of carbonyl (C=O) groups excluding carboxylic acids is 1. The summed E-state index contributed by atoms with van der Waals surface area (Å²) in [6.07, 6.45) is 21.4. The van der Waals surface area contributed by atoms with Crippen molar-refractivity contribution in [1.29, 1.82) is 0 Å². The molecule has 0 aliphatic rings. The molecular formula is C30H43NO2. The highest BCUT2D eigenvalue weighted by atomic mass is 16.5. The van der Waals surface area contributed by atoms with Crippen molar-refractivity contribution >= 4 is 5.97 Å². The zero-order chi connectivity index (χ0) is 23.6. The molecule has 3 nitrogen and oxygen atoms in total. The van der Waals surface area contributed by atoms with Crippen molar-refractivity contribution in [3.63, 3.8) is 0 Å². The van der Waals surface area contributed by atoms with Crippen molar-refractivity contribution in [3.05, 3.63) is 71.9 Å². The molecule has 180 valence electrons. The number of aryl methyl sites for hydroxylation is 1. The van der Waals surface area contributed by atoms with E-state index >= 15 is 0 Å². The molecule has 0 aliphatic heterocycles. The summed E-state index contributed by atoms with van der Waals surface area (Å²) in [6, 6.07) is 14.2. The average molecular weight is 450 g/mol. The maximum Gasteiger partial charge on any atom is 0.337 e. The van der Waals surface area contributed by atoms with Crippen molar-refractivity contribution in [3.8, 4) is 5.88 Å². The van der Waals surface area contributed by atoms with Gasteiger partial charge in [-0.25, -0.2) is 9.78 Å². The minimum Gasteiger partial charge on any atom is -0.404 e. The van der Waals surface area contributed by atoms with E-state index in [4.69, 9.17) is 4.74 Å². The van der Waals surface area contributed by atoms with E-state index in [9.17, 15) is 4.79 Å². The maximum absolute atomic E-state index is 12.4. The zero-order valence-corrected chi connectivity index (χ0v) is 20.8. The van der Waals surface area contributed by atoms with E-state index in [2.05, 4.69) is 43.1 Å². The highest BCUT2D eigenvalue weighted by Crippen LogP contribution is 2.24. The van der Waals surface area contributed by atoms with Gasteiger partial charge in [0, 0.05) is 24.3 Å². The van der Waals surface area contributed by atoms with Gasteiger partial charge in [0.25, 0.3) is 0 Å². The predicted octanol–water partition coefficient (Wildman–Crippen LogP) is 8.59. The second-order valence-corrected chi connectivity index (χ2v) is 9.02. The largest absolute Gasteiger partial charge is 0.404 e. The summed E-state index contributed by atoms with van der Waals surface area (Å²) in [4.78, 5) is 16.7. The fourth-order valence-electron chi connectivity index (χ4n) is 4.10. The van der Waals surface area contributed by atoms with Crippen LogP contribution in [-0.2, 0) is 11.2 Å². The number of pyridine rings is 1. The van der Waals surface area contributed by atoms with Gasteiger partial charge in [0.2, 0.25) is 5.88 Å². The van der Waals surface area contributed by atoms with Crippen molar-refractivity contribution in [2.75, 3.05) is 0 Å². The van der Waals surface area contributed by atoms with E-state index in [1.165, 1.54) is 81.8 Å². The van der Waals surface area contributed by atoms with Gasteiger partial charge in [-0.1, -0.05) is 121 Å². The molecule has 1 atom stereocenters. The molecule has 33 heavy (non-hydrogen) atoms. The Hall–Kier alpha value is -2.42. The van der Waals surface area contributed by atoms with Gasteiger partial charge in [0.1, 0.15) is 0 Å². The lowest BCUT2D eigenvalue weighted by atomic mass is 9.92. The highest BCUT2D eigenvalue weighted by Gasteiger charge is 2.10. The van der Waals surface area contributed by atoms with Crippen LogP contribution in [0.15, 0.2) is 60.8 Å². The van der Waals surface area contributed by atoms with E-state index in [1.807, 2.05) is 24.4 Å². The third kappa shape index (κ3) is 11.8. The summed E-state index contributed by atoms with van der Waals surface area (Å²) in [6.45, 7) is 4.48. The number of benzene rings is 1. The van der Waals surface area contributed by atoms with Crippen LogP contribution in [0.25, 0.3) is 0 Å². The number of ether oxygens (including phenoxy) is 1. The van der Waals surface area contributed by atoms with Gasteiger partial charge in [0.15, 0.2) is 0 Å². The molecule has 2 rings (SSSR count). The van der Waals surface area contributed by atoms with Crippen LogP contribution in [-0.4, -0.2) is 11.0 Å². The minimum atomic E-state index is -0.363. The van der Waals surface area contributed by atoms with Crippen molar-refractivity contribution in [2.24, 2.45) is 0 Å². The van der Waals surface area contributed by atoms with Gasteiger partial charge < -0.3 is 4.74 Å². The number of unbranched alkanes of at least 4 members (excludes halogenated alkanes) is 9. The predicted molar refractivity (Wildman–Crippen MR) is 139 cm³/mol. The van der Waals surface area contributed by atoms with Gasteiger partial charge in [0.05, 0.1) is 0 Å². The third-order valence-corrected chi connectivity index (χ3v) is 6.13. The summed E-state index contributed by atoms with van der Waals surface area (Å²) in [7, 11) is 0.